The molecule has 1 fully saturated rings. The number of imidazole rings is 1. The van der Waals surface area contributed by atoms with Crippen molar-refractivity contribution in [1.82, 2.24) is 19.8 Å². The van der Waals surface area contributed by atoms with Gasteiger partial charge in [-0.05, 0) is 54.4 Å². The Bertz CT molecular complexity index is 1500. The first kappa shape index (κ1) is 22.3. The molecular weight excluding hydrogens is 449 g/mol. The van der Waals surface area contributed by atoms with Gasteiger partial charge in [-0.25, -0.2) is 14.2 Å². The van der Waals surface area contributed by atoms with Crippen molar-refractivity contribution in [2.24, 2.45) is 0 Å². The van der Waals surface area contributed by atoms with Crippen molar-refractivity contribution >= 4 is 34.3 Å². The van der Waals surface area contributed by atoms with Crippen molar-refractivity contribution in [3.63, 3.8) is 0 Å². The minimum absolute atomic E-state index is 0.207. The van der Waals surface area contributed by atoms with Gasteiger partial charge in [0.05, 0.1) is 5.69 Å². The van der Waals surface area contributed by atoms with Crippen LogP contribution in [0.3, 0.4) is 0 Å². The summed E-state index contributed by atoms with van der Waals surface area (Å²) in [5.41, 5.74) is -0.195. The van der Waals surface area contributed by atoms with E-state index in [1.165, 1.54) is 12.1 Å². The van der Waals surface area contributed by atoms with Gasteiger partial charge in [-0.3, -0.25) is 14.5 Å². The SMILES string of the molecule is Cc1nccn1-c1ccc(NC(=O)CN2C(=O)NC(C)(c3ccc4ccccc4c3)C2=O)cc1F. The summed E-state index contributed by atoms with van der Waals surface area (Å²) in [6.07, 6.45) is 3.20. The summed E-state index contributed by atoms with van der Waals surface area (Å²) in [5.74, 6) is -1.09. The fourth-order valence-corrected chi connectivity index (χ4v) is 4.29. The molecule has 9 heteroatoms. The first-order valence-electron chi connectivity index (χ1n) is 11.0. The molecule has 5 rings (SSSR count). The number of urea groups is 1. The molecular formula is C26H22FN5O3. The molecule has 4 aromatic rings. The number of hydrogen-bond acceptors (Lipinski definition) is 4. The van der Waals surface area contributed by atoms with Gasteiger partial charge in [0.2, 0.25) is 5.91 Å². The lowest BCUT2D eigenvalue weighted by Crippen LogP contribution is -2.42. The van der Waals surface area contributed by atoms with Gasteiger partial charge in [0.25, 0.3) is 5.91 Å². The largest absolute Gasteiger partial charge is 0.325 e. The molecule has 2 heterocycles. The molecule has 0 radical (unpaired) electrons. The molecule has 2 N–H and O–H groups in total. The second-order valence-corrected chi connectivity index (χ2v) is 8.57. The Balaban J connectivity index is 1.31. The second-order valence-electron chi connectivity index (χ2n) is 8.57. The van der Waals surface area contributed by atoms with Crippen molar-refractivity contribution in [3.05, 3.63) is 90.3 Å². The Labute approximate surface area is 200 Å². The smallest absolute Gasteiger partial charge is 0.324 e. The highest BCUT2D eigenvalue weighted by Crippen LogP contribution is 2.31. The first-order chi connectivity index (χ1) is 16.8. The van der Waals surface area contributed by atoms with Gasteiger partial charge in [-0.15, -0.1) is 0 Å². The predicted octanol–water partition coefficient (Wildman–Crippen LogP) is 3.88. The van der Waals surface area contributed by atoms with E-state index in [2.05, 4.69) is 15.6 Å². The van der Waals surface area contributed by atoms with E-state index in [1.807, 2.05) is 36.4 Å². The van der Waals surface area contributed by atoms with Crippen LogP contribution >= 0.6 is 0 Å². The van der Waals surface area contributed by atoms with Crippen LogP contribution in [0.25, 0.3) is 16.5 Å². The zero-order valence-electron chi connectivity index (χ0n) is 19.1. The van der Waals surface area contributed by atoms with E-state index >= 15 is 0 Å². The van der Waals surface area contributed by atoms with Gasteiger partial charge < -0.3 is 15.2 Å². The number of anilines is 1. The predicted molar refractivity (Wildman–Crippen MR) is 128 cm³/mol. The number of carbonyl (C=O) groups excluding carboxylic acids is 3. The van der Waals surface area contributed by atoms with Crippen molar-refractivity contribution in [3.8, 4) is 5.69 Å². The molecule has 0 bridgehead atoms. The number of imide groups is 1. The molecule has 4 amide bonds. The maximum absolute atomic E-state index is 14.6. The van der Waals surface area contributed by atoms with E-state index < -0.39 is 35.7 Å². The molecule has 1 unspecified atom stereocenters. The minimum Gasteiger partial charge on any atom is -0.324 e. The number of carbonyl (C=O) groups is 3. The lowest BCUT2D eigenvalue weighted by atomic mass is 9.90. The second kappa shape index (κ2) is 8.35. The van der Waals surface area contributed by atoms with E-state index in [1.54, 1.807) is 42.9 Å². The Morgan fingerprint density at radius 3 is 2.57 bits per heavy atom. The summed E-state index contributed by atoms with van der Waals surface area (Å²) >= 11 is 0. The van der Waals surface area contributed by atoms with E-state index in [0.29, 0.717) is 17.1 Å². The molecule has 1 aliphatic heterocycles. The van der Waals surface area contributed by atoms with Crippen molar-refractivity contribution < 1.29 is 18.8 Å². The van der Waals surface area contributed by atoms with Crippen LogP contribution in [0.2, 0.25) is 0 Å². The molecule has 1 aromatic heterocycles. The number of nitrogens with zero attached hydrogens (tertiary/aromatic N) is 3. The highest BCUT2D eigenvalue weighted by molar-refractivity contribution is 6.10. The highest BCUT2D eigenvalue weighted by Gasteiger charge is 2.49. The number of aryl methyl sites for hydroxylation is 1. The maximum Gasteiger partial charge on any atom is 0.325 e. The van der Waals surface area contributed by atoms with Gasteiger partial charge in [0.15, 0.2) is 0 Å². The quantitative estimate of drug-likeness (QED) is 0.432. The number of halogens is 1. The molecule has 1 aliphatic rings. The number of hydrogen-bond donors (Lipinski definition) is 2. The maximum atomic E-state index is 14.6. The zero-order valence-corrected chi connectivity index (χ0v) is 19.1. The van der Waals surface area contributed by atoms with E-state index in [4.69, 9.17) is 0 Å². The topological polar surface area (TPSA) is 96.3 Å². The van der Waals surface area contributed by atoms with Crippen LogP contribution in [0, 0.1) is 12.7 Å². The van der Waals surface area contributed by atoms with Crippen LogP contribution in [0.4, 0.5) is 14.9 Å². The number of aromatic nitrogens is 2. The van der Waals surface area contributed by atoms with Crippen LogP contribution < -0.4 is 10.6 Å². The van der Waals surface area contributed by atoms with Gasteiger partial charge in [-0.1, -0.05) is 36.4 Å². The van der Waals surface area contributed by atoms with Gasteiger partial charge >= 0.3 is 6.03 Å². The Morgan fingerprint density at radius 2 is 1.86 bits per heavy atom. The monoisotopic (exact) mass is 471 g/mol. The van der Waals surface area contributed by atoms with Crippen LogP contribution in [0.5, 0.6) is 0 Å². The summed E-state index contributed by atoms with van der Waals surface area (Å²) < 4.78 is 16.2. The molecule has 0 saturated carbocycles. The van der Waals surface area contributed by atoms with Gasteiger partial charge in [-0.2, -0.15) is 0 Å². The van der Waals surface area contributed by atoms with E-state index in [-0.39, 0.29) is 5.69 Å². The number of rotatable bonds is 5. The van der Waals surface area contributed by atoms with Crippen LogP contribution in [-0.4, -0.2) is 38.8 Å². The Hall–Kier alpha value is -4.53. The van der Waals surface area contributed by atoms with Crippen molar-refractivity contribution in [2.75, 3.05) is 11.9 Å². The van der Waals surface area contributed by atoms with Crippen molar-refractivity contribution in [1.29, 1.82) is 0 Å². The van der Waals surface area contributed by atoms with Gasteiger partial charge in [0.1, 0.15) is 23.7 Å². The Morgan fingerprint density at radius 1 is 1.09 bits per heavy atom. The van der Waals surface area contributed by atoms with Crippen molar-refractivity contribution in [2.45, 2.75) is 19.4 Å². The van der Waals surface area contributed by atoms with E-state index in [9.17, 15) is 18.8 Å². The number of fused-ring (bicyclic) bond motifs is 1. The standard InChI is InChI=1S/C26H22FN5O3/c1-16-28-11-12-31(16)22-10-9-20(14-21(22)27)29-23(33)15-32-24(34)26(2,30-25(32)35)19-8-7-17-5-3-4-6-18(17)13-19/h3-14H,15H2,1-2H3,(H,29,33)(H,30,35). The van der Waals surface area contributed by atoms with Crippen LogP contribution in [-0.2, 0) is 15.1 Å². The summed E-state index contributed by atoms with van der Waals surface area (Å²) in [4.78, 5) is 43.4. The summed E-state index contributed by atoms with van der Waals surface area (Å²) in [6.45, 7) is 2.86. The summed E-state index contributed by atoms with van der Waals surface area (Å²) in [6, 6.07) is 16.8. The lowest BCUT2D eigenvalue weighted by Gasteiger charge is -2.22. The number of amides is 4. The molecule has 3 aromatic carbocycles. The minimum atomic E-state index is -1.31. The average molecular weight is 471 g/mol. The fraction of sp³-hybridized carbons (Fsp3) is 0.154. The zero-order chi connectivity index (χ0) is 24.7. The highest BCUT2D eigenvalue weighted by atomic mass is 19.1. The molecule has 1 atom stereocenters. The summed E-state index contributed by atoms with van der Waals surface area (Å²) in [5, 5.41) is 7.20. The van der Waals surface area contributed by atoms with E-state index in [0.717, 1.165) is 15.7 Å². The Kier molecular flexibility index (Phi) is 5.32. The third kappa shape index (κ3) is 3.90. The van der Waals surface area contributed by atoms with Crippen LogP contribution in [0.1, 0.15) is 18.3 Å². The number of nitrogens with one attached hydrogen (secondary N) is 2. The normalized spacial score (nSPS) is 17.6. The lowest BCUT2D eigenvalue weighted by molar-refractivity contribution is -0.133. The molecule has 35 heavy (non-hydrogen) atoms. The molecule has 1 saturated heterocycles. The van der Waals surface area contributed by atoms with Crippen LogP contribution in [0.15, 0.2) is 73.1 Å². The molecule has 0 aliphatic carbocycles. The first-order valence-corrected chi connectivity index (χ1v) is 11.0. The summed E-state index contributed by atoms with van der Waals surface area (Å²) in [7, 11) is 0. The molecule has 176 valence electrons. The number of benzene rings is 3. The van der Waals surface area contributed by atoms with Gasteiger partial charge in [0, 0.05) is 18.1 Å². The fourth-order valence-electron chi connectivity index (χ4n) is 4.29. The average Bonchev–Trinajstić information content (AvgIpc) is 3.35. The molecule has 0 spiro atoms. The third-order valence-electron chi connectivity index (χ3n) is 6.22. The third-order valence-corrected chi connectivity index (χ3v) is 6.22. The molecule has 8 nitrogen and oxygen atoms in total.